The van der Waals surface area contributed by atoms with Gasteiger partial charge in [-0.25, -0.2) is 4.79 Å². The van der Waals surface area contributed by atoms with Crippen LogP contribution in [0.25, 0.3) is 21.0 Å². The van der Waals surface area contributed by atoms with Gasteiger partial charge in [-0.15, -0.1) is 22.7 Å². The van der Waals surface area contributed by atoms with Crippen molar-refractivity contribution in [3.63, 3.8) is 0 Å². The molecule has 3 amide bonds. The van der Waals surface area contributed by atoms with E-state index in [1.165, 1.54) is 29.8 Å². The van der Waals surface area contributed by atoms with E-state index in [0.717, 1.165) is 58.0 Å². The van der Waals surface area contributed by atoms with Crippen LogP contribution < -0.4 is 15.5 Å². The van der Waals surface area contributed by atoms with Gasteiger partial charge in [-0.05, 0) is 99.4 Å². The van der Waals surface area contributed by atoms with E-state index in [2.05, 4.69) is 15.6 Å². The molecule has 3 aromatic heterocycles. The molecular weight excluding hydrogens is 611 g/mol. The molecule has 0 saturated heterocycles. The highest BCUT2D eigenvalue weighted by atomic mass is 32.1. The molecular formula is C33H33N5O5S2. The lowest BCUT2D eigenvalue weighted by atomic mass is 9.97. The Hall–Kier alpha value is -4.52. The van der Waals surface area contributed by atoms with Crippen LogP contribution in [0.4, 0.5) is 17.1 Å². The molecule has 0 aliphatic carbocycles. The molecule has 0 spiro atoms. The van der Waals surface area contributed by atoms with E-state index in [0.29, 0.717) is 39.8 Å². The standard InChI is InChI=1S/C33H33N5O5S2/c1-37(2)12-5-7-30(39)34-20-8-11-27-19(14-20)15-28(45-27)31(40)35-21-16-29(44-18-21)32(41)38-13-4-6-22-23-17-25(33(42)43-3)36-24(23)9-10-26(22)38/h8-11,14-18,36H,4-7,12-13H2,1-3H3,(H,34,39)(H,35,40). The predicted octanol–water partition coefficient (Wildman–Crippen LogP) is 6.36. The second-order valence-corrected chi connectivity index (χ2v) is 13.2. The van der Waals surface area contributed by atoms with E-state index >= 15 is 0 Å². The maximum atomic E-state index is 13.7. The molecule has 0 atom stereocenters. The SMILES string of the molecule is COC(=O)c1cc2c3c(ccc2[nH]1)N(C(=O)c1cc(NC(=O)c2cc4cc(NC(=O)CCCN(C)C)ccc4s2)cs1)CCC3. The zero-order chi connectivity index (χ0) is 31.7. The molecule has 0 fully saturated rings. The predicted molar refractivity (Wildman–Crippen MR) is 180 cm³/mol. The number of hydrogen-bond donors (Lipinski definition) is 3. The van der Waals surface area contributed by atoms with E-state index in [1.54, 1.807) is 22.4 Å². The molecule has 2 aromatic carbocycles. The number of H-pyrrole nitrogens is 1. The first kappa shape index (κ1) is 30.5. The van der Waals surface area contributed by atoms with Crippen LogP contribution in [0.5, 0.6) is 0 Å². The normalized spacial score (nSPS) is 12.8. The number of thiophene rings is 2. The molecule has 1 aliphatic heterocycles. The number of nitrogens with zero attached hydrogens (tertiary/aromatic N) is 2. The van der Waals surface area contributed by atoms with Crippen LogP contribution in [0.15, 0.2) is 53.9 Å². The number of anilines is 3. The number of ether oxygens (including phenoxy) is 1. The zero-order valence-corrected chi connectivity index (χ0v) is 26.8. The summed E-state index contributed by atoms with van der Waals surface area (Å²) in [5.74, 6) is -0.873. The van der Waals surface area contributed by atoms with E-state index < -0.39 is 5.97 Å². The number of hydrogen-bond acceptors (Lipinski definition) is 8. The fourth-order valence-electron chi connectivity index (χ4n) is 5.59. The number of benzene rings is 2. The van der Waals surface area contributed by atoms with Gasteiger partial charge in [0.2, 0.25) is 5.91 Å². The summed E-state index contributed by atoms with van der Waals surface area (Å²) in [6.07, 6.45) is 2.80. The van der Waals surface area contributed by atoms with Gasteiger partial charge >= 0.3 is 5.97 Å². The van der Waals surface area contributed by atoms with Gasteiger partial charge in [0.25, 0.3) is 11.8 Å². The van der Waals surface area contributed by atoms with Gasteiger partial charge in [0.15, 0.2) is 0 Å². The van der Waals surface area contributed by atoms with Gasteiger partial charge < -0.3 is 30.2 Å². The molecule has 12 heteroatoms. The third-order valence-corrected chi connectivity index (χ3v) is 9.77. The maximum Gasteiger partial charge on any atom is 0.354 e. The second-order valence-electron chi connectivity index (χ2n) is 11.2. The number of fused-ring (bicyclic) bond motifs is 4. The Morgan fingerprint density at radius 2 is 1.84 bits per heavy atom. The van der Waals surface area contributed by atoms with Crippen LogP contribution in [0.1, 0.15) is 54.7 Å². The average molecular weight is 644 g/mol. The average Bonchev–Trinajstić information content (AvgIpc) is 3.78. The minimum atomic E-state index is -0.438. The Morgan fingerprint density at radius 1 is 1.00 bits per heavy atom. The van der Waals surface area contributed by atoms with Crippen molar-refractivity contribution in [2.75, 3.05) is 49.8 Å². The highest BCUT2D eigenvalue weighted by Crippen LogP contribution is 2.36. The fourth-order valence-corrected chi connectivity index (χ4v) is 7.31. The number of rotatable bonds is 9. The number of carbonyl (C=O) groups excluding carboxylic acids is 4. The van der Waals surface area contributed by atoms with Gasteiger partial charge in [0.05, 0.1) is 22.6 Å². The first-order valence-electron chi connectivity index (χ1n) is 14.6. The summed E-state index contributed by atoms with van der Waals surface area (Å²) >= 11 is 2.65. The molecule has 0 unspecified atom stereocenters. The molecule has 5 aromatic rings. The molecule has 0 saturated carbocycles. The zero-order valence-electron chi connectivity index (χ0n) is 25.2. The molecule has 4 heterocycles. The highest BCUT2D eigenvalue weighted by molar-refractivity contribution is 7.21. The van der Waals surface area contributed by atoms with Crippen molar-refractivity contribution >= 4 is 84.4 Å². The van der Waals surface area contributed by atoms with Crippen molar-refractivity contribution in [3.05, 3.63) is 74.9 Å². The number of aromatic amines is 1. The Morgan fingerprint density at radius 3 is 2.64 bits per heavy atom. The lowest BCUT2D eigenvalue weighted by Crippen LogP contribution is -2.35. The topological polar surface area (TPSA) is 124 Å². The number of methoxy groups -OCH3 is 1. The summed E-state index contributed by atoms with van der Waals surface area (Å²) in [6, 6.07) is 14.7. The molecule has 1 aliphatic rings. The molecule has 10 nitrogen and oxygen atoms in total. The van der Waals surface area contributed by atoms with E-state index in [4.69, 9.17) is 4.74 Å². The van der Waals surface area contributed by atoms with Crippen LogP contribution in [-0.4, -0.2) is 67.9 Å². The van der Waals surface area contributed by atoms with Gasteiger partial charge in [-0.3, -0.25) is 14.4 Å². The smallest absolute Gasteiger partial charge is 0.354 e. The lowest BCUT2D eigenvalue weighted by Gasteiger charge is -2.29. The van der Waals surface area contributed by atoms with Gasteiger partial charge in [0.1, 0.15) is 5.69 Å². The number of aryl methyl sites for hydroxylation is 1. The number of carbonyl (C=O) groups is 4. The van der Waals surface area contributed by atoms with Crippen molar-refractivity contribution in [3.8, 4) is 0 Å². The third-order valence-electron chi connectivity index (χ3n) is 7.74. The Balaban J connectivity index is 1.13. The quantitative estimate of drug-likeness (QED) is 0.161. The Kier molecular flexibility index (Phi) is 8.70. The monoisotopic (exact) mass is 643 g/mol. The van der Waals surface area contributed by atoms with Crippen molar-refractivity contribution in [1.29, 1.82) is 0 Å². The highest BCUT2D eigenvalue weighted by Gasteiger charge is 2.27. The summed E-state index contributed by atoms with van der Waals surface area (Å²) in [5, 5.41) is 9.42. The van der Waals surface area contributed by atoms with Crippen LogP contribution in [0, 0.1) is 0 Å². The van der Waals surface area contributed by atoms with Crippen LogP contribution >= 0.6 is 22.7 Å². The van der Waals surface area contributed by atoms with E-state index in [9.17, 15) is 19.2 Å². The van der Waals surface area contributed by atoms with Crippen LogP contribution in [0.3, 0.4) is 0 Å². The second kappa shape index (κ2) is 12.8. The fraction of sp³-hybridized carbons (Fsp3) is 0.273. The molecule has 232 valence electrons. The Bertz CT molecular complexity index is 1940. The minimum absolute atomic E-state index is 0.0364. The first-order valence-corrected chi connectivity index (χ1v) is 16.3. The minimum Gasteiger partial charge on any atom is -0.464 e. The third kappa shape index (κ3) is 6.48. The Labute approximate surface area is 268 Å². The maximum absolute atomic E-state index is 13.7. The lowest BCUT2D eigenvalue weighted by molar-refractivity contribution is -0.116. The van der Waals surface area contributed by atoms with Crippen LogP contribution in [-0.2, 0) is 16.0 Å². The summed E-state index contributed by atoms with van der Waals surface area (Å²) in [6.45, 7) is 1.42. The first-order chi connectivity index (χ1) is 21.7. The van der Waals surface area contributed by atoms with Crippen molar-refractivity contribution < 1.29 is 23.9 Å². The van der Waals surface area contributed by atoms with Gasteiger partial charge in [-0.2, -0.15) is 0 Å². The van der Waals surface area contributed by atoms with E-state index in [-0.39, 0.29) is 17.7 Å². The van der Waals surface area contributed by atoms with Gasteiger partial charge in [-0.1, -0.05) is 0 Å². The van der Waals surface area contributed by atoms with Crippen LogP contribution in [0.2, 0.25) is 0 Å². The summed E-state index contributed by atoms with van der Waals surface area (Å²) in [4.78, 5) is 59.1. The summed E-state index contributed by atoms with van der Waals surface area (Å²) < 4.78 is 5.79. The molecule has 6 rings (SSSR count). The van der Waals surface area contributed by atoms with Crippen molar-refractivity contribution in [2.24, 2.45) is 0 Å². The van der Waals surface area contributed by atoms with Gasteiger partial charge in [0, 0.05) is 45.3 Å². The molecule has 0 radical (unpaired) electrons. The number of esters is 1. The number of aromatic nitrogens is 1. The number of amides is 3. The van der Waals surface area contributed by atoms with Crippen molar-refractivity contribution in [1.82, 2.24) is 9.88 Å². The summed E-state index contributed by atoms with van der Waals surface area (Å²) in [5.41, 5.74) is 4.28. The van der Waals surface area contributed by atoms with E-state index in [1.807, 2.05) is 55.4 Å². The number of nitrogens with one attached hydrogen (secondary N) is 3. The summed E-state index contributed by atoms with van der Waals surface area (Å²) in [7, 11) is 5.30. The largest absolute Gasteiger partial charge is 0.464 e. The molecule has 45 heavy (non-hydrogen) atoms. The molecule has 0 bridgehead atoms. The molecule has 3 N–H and O–H groups in total. The van der Waals surface area contributed by atoms with Crippen molar-refractivity contribution in [2.45, 2.75) is 25.7 Å².